The maximum Gasteiger partial charge on any atom is 0.295 e. The summed E-state index contributed by atoms with van der Waals surface area (Å²) in [6.07, 6.45) is 2.89. The number of benzene rings is 2. The van der Waals surface area contributed by atoms with Gasteiger partial charge in [0.15, 0.2) is 5.78 Å². The van der Waals surface area contributed by atoms with Gasteiger partial charge in [0.05, 0.1) is 6.04 Å². The summed E-state index contributed by atoms with van der Waals surface area (Å²) in [5.41, 5.74) is 2.77. The fourth-order valence-corrected chi connectivity index (χ4v) is 4.88. The Morgan fingerprint density at radius 3 is 2.08 bits per heavy atom. The van der Waals surface area contributed by atoms with Gasteiger partial charge in [0.2, 0.25) is 5.78 Å². The van der Waals surface area contributed by atoms with Crippen molar-refractivity contribution in [3.8, 4) is 11.3 Å². The van der Waals surface area contributed by atoms with Gasteiger partial charge in [-0.25, -0.2) is 0 Å². The van der Waals surface area contributed by atoms with Gasteiger partial charge in [0.1, 0.15) is 17.9 Å². The normalized spacial score (nSPS) is 17.6. The lowest BCUT2D eigenvalue weighted by molar-refractivity contribution is -0.135. The number of carbonyl (C=O) groups is 4. The molecule has 8 heteroatoms. The van der Waals surface area contributed by atoms with Crippen LogP contribution in [0.15, 0.2) is 65.4 Å². The summed E-state index contributed by atoms with van der Waals surface area (Å²) in [6, 6.07) is 14.5. The van der Waals surface area contributed by atoms with Crippen LogP contribution in [-0.4, -0.2) is 53.6 Å². The molecule has 0 bridgehead atoms. The minimum absolute atomic E-state index is 0.0563. The van der Waals surface area contributed by atoms with E-state index in [1.54, 1.807) is 56.6 Å². The summed E-state index contributed by atoms with van der Waals surface area (Å²) in [5, 5.41) is 3.93. The predicted molar refractivity (Wildman–Crippen MR) is 135 cm³/mol. The van der Waals surface area contributed by atoms with E-state index in [0.717, 1.165) is 5.56 Å². The number of amides is 2. The number of rotatable bonds is 8. The van der Waals surface area contributed by atoms with Gasteiger partial charge in [-0.3, -0.25) is 19.2 Å². The van der Waals surface area contributed by atoms with Crippen molar-refractivity contribution >= 4 is 29.1 Å². The molecule has 1 aromatic heterocycles. The van der Waals surface area contributed by atoms with E-state index in [1.807, 2.05) is 26.0 Å². The van der Waals surface area contributed by atoms with E-state index in [0.29, 0.717) is 35.3 Å². The highest BCUT2D eigenvalue weighted by Gasteiger charge is 2.53. The molecule has 2 unspecified atom stereocenters. The Morgan fingerprint density at radius 2 is 1.56 bits per heavy atom. The van der Waals surface area contributed by atoms with Crippen LogP contribution in [0.3, 0.4) is 0 Å². The minimum Gasteiger partial charge on any atom is -0.364 e. The van der Waals surface area contributed by atoms with Gasteiger partial charge in [-0.2, -0.15) is 0 Å². The highest BCUT2D eigenvalue weighted by atomic mass is 16.5. The number of hydrogen-bond donors (Lipinski definition) is 0. The second-order valence-electron chi connectivity index (χ2n) is 9.16. The minimum atomic E-state index is -1.12. The van der Waals surface area contributed by atoms with Crippen molar-refractivity contribution in [3.63, 3.8) is 0 Å². The van der Waals surface area contributed by atoms with E-state index in [1.165, 1.54) is 16.1 Å². The Bertz CT molecular complexity index is 1260. The molecule has 0 saturated carbocycles. The second kappa shape index (κ2) is 10.3. The zero-order valence-electron chi connectivity index (χ0n) is 20.8. The molecular weight excluding hydrogens is 458 g/mol. The molecule has 2 atom stereocenters. The van der Waals surface area contributed by atoms with Crippen LogP contribution in [0, 0.1) is 11.8 Å². The molecule has 8 nitrogen and oxygen atoms in total. The standard InChI is InChI=1S/C28H29N3O5/c1-5-17(6-2)24-23(25(32)19-7-9-20(10-8-19)27(34)30(3)4)26(33)28(35)31(24)21-13-11-18(12-14-21)22-15-16-36-29-22/h7-17,23-24H,5-6H2,1-4H3. The SMILES string of the molecule is CCC(CC)C1C(C(=O)c2ccc(C(=O)N(C)C)cc2)C(=O)C(=O)N1c1ccc(-c2ccon2)cc1. The monoisotopic (exact) mass is 487 g/mol. The quantitative estimate of drug-likeness (QED) is 0.267. The van der Waals surface area contributed by atoms with Crippen molar-refractivity contribution in [1.82, 2.24) is 10.1 Å². The Morgan fingerprint density at radius 1 is 0.944 bits per heavy atom. The van der Waals surface area contributed by atoms with Crippen molar-refractivity contribution < 1.29 is 23.7 Å². The molecule has 0 radical (unpaired) electrons. The summed E-state index contributed by atoms with van der Waals surface area (Å²) in [6.45, 7) is 3.99. The Balaban J connectivity index is 1.70. The third kappa shape index (κ3) is 4.46. The summed E-state index contributed by atoms with van der Waals surface area (Å²) >= 11 is 0. The van der Waals surface area contributed by atoms with Gasteiger partial charge >= 0.3 is 0 Å². The van der Waals surface area contributed by atoms with Crippen molar-refractivity contribution in [3.05, 3.63) is 72.0 Å². The van der Waals surface area contributed by atoms with E-state index in [4.69, 9.17) is 4.52 Å². The predicted octanol–water partition coefficient (Wildman–Crippen LogP) is 4.26. The van der Waals surface area contributed by atoms with E-state index in [2.05, 4.69) is 5.16 Å². The van der Waals surface area contributed by atoms with Crippen molar-refractivity contribution in [2.24, 2.45) is 11.8 Å². The first-order valence-electron chi connectivity index (χ1n) is 12.0. The third-order valence-electron chi connectivity index (χ3n) is 6.87. The third-order valence-corrected chi connectivity index (χ3v) is 6.87. The first-order chi connectivity index (χ1) is 17.3. The molecule has 1 saturated heterocycles. The number of hydrogen-bond acceptors (Lipinski definition) is 6. The van der Waals surface area contributed by atoms with Gasteiger partial charge in [-0.05, 0) is 30.2 Å². The second-order valence-corrected chi connectivity index (χ2v) is 9.16. The Labute approximate surface area is 209 Å². The molecular formula is C28H29N3O5. The first-order valence-corrected chi connectivity index (χ1v) is 12.0. The molecule has 1 fully saturated rings. The molecule has 0 N–H and O–H groups in total. The number of anilines is 1. The zero-order chi connectivity index (χ0) is 26.0. The smallest absolute Gasteiger partial charge is 0.295 e. The lowest BCUT2D eigenvalue weighted by Gasteiger charge is -2.33. The van der Waals surface area contributed by atoms with E-state index in [9.17, 15) is 19.2 Å². The van der Waals surface area contributed by atoms with E-state index >= 15 is 0 Å². The maximum absolute atomic E-state index is 13.6. The Hall–Kier alpha value is -4.07. The molecule has 2 aromatic carbocycles. The summed E-state index contributed by atoms with van der Waals surface area (Å²) in [7, 11) is 3.30. The molecule has 0 aliphatic carbocycles. The van der Waals surface area contributed by atoms with Crippen molar-refractivity contribution in [1.29, 1.82) is 0 Å². The molecule has 1 aliphatic heterocycles. The fourth-order valence-electron chi connectivity index (χ4n) is 4.88. The van der Waals surface area contributed by atoms with Crippen LogP contribution in [0.2, 0.25) is 0 Å². The number of ketones is 2. The van der Waals surface area contributed by atoms with Crippen LogP contribution in [-0.2, 0) is 9.59 Å². The van der Waals surface area contributed by atoms with Crippen LogP contribution >= 0.6 is 0 Å². The average molecular weight is 488 g/mol. The van der Waals surface area contributed by atoms with E-state index < -0.39 is 29.4 Å². The maximum atomic E-state index is 13.6. The van der Waals surface area contributed by atoms with Gasteiger partial charge in [-0.1, -0.05) is 56.1 Å². The van der Waals surface area contributed by atoms with E-state index in [-0.39, 0.29) is 11.8 Å². The number of aromatic nitrogens is 1. The lowest BCUT2D eigenvalue weighted by atomic mass is 9.80. The zero-order valence-corrected chi connectivity index (χ0v) is 20.8. The first kappa shape index (κ1) is 25.0. The molecule has 2 amide bonds. The van der Waals surface area contributed by atoms with Gasteiger partial charge in [-0.15, -0.1) is 0 Å². The van der Waals surface area contributed by atoms with Crippen LogP contribution < -0.4 is 4.90 Å². The van der Waals surface area contributed by atoms with Crippen LogP contribution in [0.25, 0.3) is 11.3 Å². The lowest BCUT2D eigenvalue weighted by Crippen LogP contribution is -2.43. The molecule has 3 aromatic rings. The van der Waals surface area contributed by atoms with Crippen molar-refractivity contribution in [2.75, 3.05) is 19.0 Å². The Kier molecular flexibility index (Phi) is 7.15. The van der Waals surface area contributed by atoms with Crippen LogP contribution in [0.4, 0.5) is 5.69 Å². The topological polar surface area (TPSA) is 101 Å². The van der Waals surface area contributed by atoms with Crippen LogP contribution in [0.1, 0.15) is 47.4 Å². The largest absolute Gasteiger partial charge is 0.364 e. The van der Waals surface area contributed by atoms with Gasteiger partial charge < -0.3 is 14.3 Å². The molecule has 2 heterocycles. The summed E-state index contributed by atoms with van der Waals surface area (Å²) in [4.78, 5) is 55.3. The fraction of sp³-hybridized carbons (Fsp3) is 0.321. The number of nitrogens with zero attached hydrogens (tertiary/aromatic N) is 3. The van der Waals surface area contributed by atoms with Crippen LogP contribution in [0.5, 0.6) is 0 Å². The molecule has 36 heavy (non-hydrogen) atoms. The average Bonchev–Trinajstić information content (AvgIpc) is 3.52. The molecule has 4 rings (SSSR count). The molecule has 1 aliphatic rings. The molecule has 0 spiro atoms. The summed E-state index contributed by atoms with van der Waals surface area (Å²) < 4.78 is 4.90. The number of carbonyl (C=O) groups excluding carboxylic acids is 4. The molecule has 186 valence electrons. The highest BCUT2D eigenvalue weighted by Crippen LogP contribution is 2.38. The van der Waals surface area contributed by atoms with Gasteiger partial charge in [0.25, 0.3) is 11.8 Å². The number of Topliss-reactive ketones (excluding diaryl/α,β-unsaturated/α-hetero) is 2. The van der Waals surface area contributed by atoms with Gasteiger partial charge in [0, 0.05) is 42.5 Å². The van der Waals surface area contributed by atoms with Crippen molar-refractivity contribution in [2.45, 2.75) is 32.7 Å². The highest BCUT2D eigenvalue weighted by molar-refractivity contribution is 6.49. The summed E-state index contributed by atoms with van der Waals surface area (Å²) in [5.74, 6) is -3.15.